The highest BCUT2D eigenvalue weighted by molar-refractivity contribution is 7.13. The lowest BCUT2D eigenvalue weighted by Gasteiger charge is -2.05. The van der Waals surface area contributed by atoms with E-state index in [1.165, 1.54) is 18.4 Å². The monoisotopic (exact) mass is 401 g/mol. The normalized spacial score (nSPS) is 10.4. The number of benzene rings is 2. The summed E-state index contributed by atoms with van der Waals surface area (Å²) in [7, 11) is 1.32. The van der Waals surface area contributed by atoms with E-state index < -0.39 is 5.97 Å². The Morgan fingerprint density at radius 2 is 1.93 bits per heavy atom. The second-order valence-corrected chi connectivity index (χ2v) is 6.97. The highest BCUT2D eigenvalue weighted by Crippen LogP contribution is 2.25. The van der Waals surface area contributed by atoms with Crippen molar-refractivity contribution < 1.29 is 19.1 Å². The van der Waals surface area contributed by atoms with Crippen molar-refractivity contribution in [3.05, 3.63) is 75.8 Å². The molecule has 0 aliphatic carbocycles. The number of nitrogens with zero attached hydrogens (tertiary/aromatic N) is 1. The molecule has 0 bridgehead atoms. The first-order chi connectivity index (χ1) is 13.0. The maximum Gasteiger partial charge on any atom is 0.337 e. The number of hydrogen-bond acceptors (Lipinski definition) is 6. The van der Waals surface area contributed by atoms with Crippen LogP contribution >= 0.6 is 22.9 Å². The molecule has 27 heavy (non-hydrogen) atoms. The van der Waals surface area contributed by atoms with Gasteiger partial charge in [0.05, 0.1) is 24.8 Å². The Bertz CT molecular complexity index is 953. The molecule has 0 aliphatic heterocycles. The van der Waals surface area contributed by atoms with Crippen LogP contribution < -0.4 is 0 Å². The van der Waals surface area contributed by atoms with Gasteiger partial charge in [-0.25, -0.2) is 9.78 Å². The fraction of sp³-hybridized carbons (Fsp3) is 0.150. The van der Waals surface area contributed by atoms with E-state index in [-0.39, 0.29) is 19.0 Å². The number of rotatable bonds is 6. The van der Waals surface area contributed by atoms with E-state index in [9.17, 15) is 9.59 Å². The lowest BCUT2D eigenvalue weighted by atomic mass is 10.1. The standard InChI is InChI=1S/C20H16ClNO4S/c1-25-20(24)15-4-2-3-13(9-15)11-26-18(23)10-17-12-27-19(22-17)14-5-7-16(21)8-6-14/h2-9,12H,10-11H2,1H3. The predicted octanol–water partition coefficient (Wildman–Crippen LogP) is 4.54. The van der Waals surface area contributed by atoms with Crippen LogP contribution in [0.25, 0.3) is 10.6 Å². The minimum atomic E-state index is -0.430. The van der Waals surface area contributed by atoms with Gasteiger partial charge in [-0.05, 0) is 29.8 Å². The summed E-state index contributed by atoms with van der Waals surface area (Å²) in [6.07, 6.45) is 0.0841. The van der Waals surface area contributed by atoms with Crippen LogP contribution in [0.4, 0.5) is 0 Å². The van der Waals surface area contributed by atoms with E-state index in [1.54, 1.807) is 36.4 Å². The van der Waals surface area contributed by atoms with Gasteiger partial charge in [0, 0.05) is 16.0 Å². The highest BCUT2D eigenvalue weighted by Gasteiger charge is 2.11. The van der Waals surface area contributed by atoms with Crippen molar-refractivity contribution in [1.82, 2.24) is 4.98 Å². The zero-order valence-corrected chi connectivity index (χ0v) is 16.0. The molecule has 1 heterocycles. The Kier molecular flexibility index (Phi) is 6.21. The maximum absolute atomic E-state index is 12.1. The maximum atomic E-state index is 12.1. The fourth-order valence-corrected chi connectivity index (χ4v) is 3.33. The van der Waals surface area contributed by atoms with Gasteiger partial charge in [-0.3, -0.25) is 4.79 Å². The third-order valence-corrected chi connectivity index (χ3v) is 4.91. The molecule has 0 saturated heterocycles. The second-order valence-electron chi connectivity index (χ2n) is 5.68. The van der Waals surface area contributed by atoms with Crippen molar-refractivity contribution in [3.8, 4) is 10.6 Å². The van der Waals surface area contributed by atoms with Crippen LogP contribution in [0.2, 0.25) is 5.02 Å². The summed E-state index contributed by atoms with van der Waals surface area (Å²) < 4.78 is 9.97. The van der Waals surface area contributed by atoms with Crippen molar-refractivity contribution in [2.75, 3.05) is 7.11 Å². The molecule has 3 aromatic rings. The van der Waals surface area contributed by atoms with Crippen LogP contribution in [0.3, 0.4) is 0 Å². The minimum absolute atomic E-state index is 0.0812. The summed E-state index contributed by atoms with van der Waals surface area (Å²) in [6, 6.07) is 14.2. The van der Waals surface area contributed by atoms with Gasteiger partial charge in [0.1, 0.15) is 11.6 Å². The average Bonchev–Trinajstić information content (AvgIpc) is 3.15. The number of carbonyl (C=O) groups is 2. The number of aromatic nitrogens is 1. The number of esters is 2. The molecule has 5 nitrogen and oxygen atoms in total. The van der Waals surface area contributed by atoms with Crippen LogP contribution in [-0.2, 0) is 27.3 Å². The quantitative estimate of drug-likeness (QED) is 0.567. The molecule has 0 atom stereocenters. The zero-order valence-electron chi connectivity index (χ0n) is 14.5. The largest absolute Gasteiger partial charge is 0.465 e. The number of halogens is 1. The van der Waals surface area contributed by atoms with Crippen molar-refractivity contribution in [3.63, 3.8) is 0 Å². The van der Waals surface area contributed by atoms with E-state index in [0.717, 1.165) is 10.6 Å². The Balaban J connectivity index is 1.57. The summed E-state index contributed by atoms with van der Waals surface area (Å²) >= 11 is 7.35. The van der Waals surface area contributed by atoms with Gasteiger partial charge < -0.3 is 9.47 Å². The zero-order chi connectivity index (χ0) is 19.2. The third kappa shape index (κ3) is 5.15. The summed E-state index contributed by atoms with van der Waals surface area (Å²) in [5, 5.41) is 3.32. The van der Waals surface area contributed by atoms with Gasteiger partial charge in [0.25, 0.3) is 0 Å². The van der Waals surface area contributed by atoms with E-state index in [2.05, 4.69) is 9.72 Å². The molecule has 0 amide bonds. The molecule has 0 radical (unpaired) electrons. The molecular weight excluding hydrogens is 386 g/mol. The highest BCUT2D eigenvalue weighted by atomic mass is 35.5. The van der Waals surface area contributed by atoms with Crippen molar-refractivity contribution in [2.24, 2.45) is 0 Å². The molecule has 3 rings (SSSR count). The van der Waals surface area contributed by atoms with Gasteiger partial charge >= 0.3 is 11.9 Å². The van der Waals surface area contributed by atoms with Gasteiger partial charge in [-0.1, -0.05) is 35.9 Å². The lowest BCUT2D eigenvalue weighted by Crippen LogP contribution is -2.09. The molecule has 0 spiro atoms. The van der Waals surface area contributed by atoms with Crippen molar-refractivity contribution in [2.45, 2.75) is 13.0 Å². The van der Waals surface area contributed by atoms with Crippen LogP contribution in [-0.4, -0.2) is 24.0 Å². The number of ether oxygens (including phenoxy) is 2. The van der Waals surface area contributed by atoms with Gasteiger partial charge in [-0.15, -0.1) is 11.3 Å². The van der Waals surface area contributed by atoms with Crippen molar-refractivity contribution >= 4 is 34.9 Å². The van der Waals surface area contributed by atoms with E-state index in [0.29, 0.717) is 21.8 Å². The Labute approximate surface area is 165 Å². The van der Waals surface area contributed by atoms with Crippen LogP contribution in [0.5, 0.6) is 0 Å². The first-order valence-corrected chi connectivity index (χ1v) is 9.34. The number of thiazole rings is 1. The first-order valence-electron chi connectivity index (χ1n) is 8.08. The van der Waals surface area contributed by atoms with Crippen molar-refractivity contribution in [1.29, 1.82) is 0 Å². The topological polar surface area (TPSA) is 65.5 Å². The van der Waals surface area contributed by atoms with E-state index >= 15 is 0 Å². The summed E-state index contributed by atoms with van der Waals surface area (Å²) in [5.41, 5.74) is 2.73. The fourth-order valence-electron chi connectivity index (χ4n) is 2.38. The summed E-state index contributed by atoms with van der Waals surface area (Å²) in [6.45, 7) is 0.0812. The van der Waals surface area contributed by atoms with E-state index in [4.69, 9.17) is 16.3 Å². The Morgan fingerprint density at radius 3 is 2.67 bits per heavy atom. The number of hydrogen-bond donors (Lipinski definition) is 0. The van der Waals surface area contributed by atoms with Crippen LogP contribution in [0.15, 0.2) is 53.9 Å². The summed E-state index contributed by atoms with van der Waals surface area (Å²) in [5.74, 6) is -0.813. The second kappa shape index (κ2) is 8.79. The molecule has 0 aliphatic rings. The third-order valence-electron chi connectivity index (χ3n) is 3.72. The van der Waals surface area contributed by atoms with Crippen LogP contribution in [0, 0.1) is 0 Å². The predicted molar refractivity (Wildman–Crippen MR) is 104 cm³/mol. The molecular formula is C20H16ClNO4S. The minimum Gasteiger partial charge on any atom is -0.465 e. The molecule has 0 unspecified atom stereocenters. The molecule has 2 aromatic carbocycles. The molecule has 0 fully saturated rings. The molecule has 138 valence electrons. The summed E-state index contributed by atoms with van der Waals surface area (Å²) in [4.78, 5) is 28.1. The molecule has 7 heteroatoms. The molecule has 1 aromatic heterocycles. The lowest BCUT2D eigenvalue weighted by molar-refractivity contribution is -0.144. The molecule has 0 N–H and O–H groups in total. The van der Waals surface area contributed by atoms with Crippen LogP contribution in [0.1, 0.15) is 21.6 Å². The van der Waals surface area contributed by atoms with Gasteiger partial charge in [-0.2, -0.15) is 0 Å². The van der Waals surface area contributed by atoms with E-state index in [1.807, 2.05) is 17.5 Å². The van der Waals surface area contributed by atoms with Gasteiger partial charge in [0.15, 0.2) is 0 Å². The Hall–Kier alpha value is -2.70. The average molecular weight is 402 g/mol. The number of carbonyl (C=O) groups excluding carboxylic acids is 2. The van der Waals surface area contributed by atoms with Gasteiger partial charge in [0.2, 0.25) is 0 Å². The Morgan fingerprint density at radius 1 is 1.15 bits per heavy atom. The first kappa shape index (κ1) is 19.1. The molecule has 0 saturated carbocycles. The SMILES string of the molecule is COC(=O)c1cccc(COC(=O)Cc2csc(-c3ccc(Cl)cc3)n2)c1. The number of methoxy groups -OCH3 is 1. The smallest absolute Gasteiger partial charge is 0.337 e.